The van der Waals surface area contributed by atoms with Crippen LogP contribution in [0.25, 0.3) is 0 Å². The largest absolute Gasteiger partial charge is 0.339 e. The number of halogens is 3. The second-order valence-electron chi connectivity index (χ2n) is 2.97. The topological polar surface area (TPSA) is 37.8 Å². The van der Waals surface area contributed by atoms with Crippen molar-refractivity contribution < 1.29 is 0 Å². The highest BCUT2D eigenvalue weighted by Crippen LogP contribution is 2.24. The lowest BCUT2D eigenvalue weighted by molar-refractivity contribution is 1.17. The van der Waals surface area contributed by atoms with Crippen molar-refractivity contribution >= 4 is 50.6 Å². The zero-order valence-electron chi connectivity index (χ0n) is 7.92. The molecule has 0 fully saturated rings. The van der Waals surface area contributed by atoms with Gasteiger partial charge in [0.05, 0.1) is 6.20 Å². The van der Waals surface area contributed by atoms with E-state index >= 15 is 0 Å². The number of hydrogen-bond donors (Lipinski definition) is 1. The summed E-state index contributed by atoms with van der Waals surface area (Å²) in [6.45, 7) is 0. The van der Waals surface area contributed by atoms with E-state index in [0.29, 0.717) is 10.8 Å². The fraction of sp³-hybridized carbons (Fsp3) is 0. The van der Waals surface area contributed by atoms with E-state index in [9.17, 15) is 0 Å². The average molecular weight is 319 g/mol. The fourth-order valence-electron chi connectivity index (χ4n) is 1.10. The first kappa shape index (κ1) is 11.6. The highest BCUT2D eigenvalue weighted by molar-refractivity contribution is 9.10. The van der Waals surface area contributed by atoms with E-state index in [-0.39, 0.29) is 5.28 Å². The molecule has 0 aliphatic rings. The summed E-state index contributed by atoms with van der Waals surface area (Å²) in [6.07, 6.45) is 1.46. The first-order chi connectivity index (χ1) is 7.65. The Morgan fingerprint density at radius 3 is 2.50 bits per heavy atom. The van der Waals surface area contributed by atoms with Crippen LogP contribution in [-0.4, -0.2) is 9.97 Å². The molecule has 0 bridgehead atoms. The number of rotatable bonds is 2. The Labute approximate surface area is 111 Å². The van der Waals surface area contributed by atoms with Crippen molar-refractivity contribution in [3.63, 3.8) is 0 Å². The maximum atomic E-state index is 5.92. The van der Waals surface area contributed by atoms with Crippen molar-refractivity contribution in [2.45, 2.75) is 0 Å². The van der Waals surface area contributed by atoms with E-state index in [0.717, 1.165) is 10.2 Å². The van der Waals surface area contributed by atoms with Gasteiger partial charge in [0.2, 0.25) is 5.28 Å². The third-order valence-corrected chi connectivity index (χ3v) is 2.81. The van der Waals surface area contributed by atoms with Gasteiger partial charge >= 0.3 is 0 Å². The van der Waals surface area contributed by atoms with E-state index in [4.69, 9.17) is 23.2 Å². The SMILES string of the molecule is Clc1ncc(Cl)c(Nc2ccc(Br)cc2)n1. The maximum absolute atomic E-state index is 5.92. The van der Waals surface area contributed by atoms with E-state index in [2.05, 4.69) is 31.2 Å². The molecule has 0 radical (unpaired) electrons. The molecule has 2 aromatic rings. The van der Waals surface area contributed by atoms with Crippen LogP contribution in [-0.2, 0) is 0 Å². The van der Waals surface area contributed by atoms with Crippen molar-refractivity contribution in [1.82, 2.24) is 9.97 Å². The number of nitrogens with zero attached hydrogens (tertiary/aromatic N) is 2. The Morgan fingerprint density at radius 2 is 1.81 bits per heavy atom. The summed E-state index contributed by atoms with van der Waals surface area (Å²) in [4.78, 5) is 7.76. The molecule has 0 aliphatic carbocycles. The standard InChI is InChI=1S/C10H6BrCl2N3/c11-6-1-3-7(4-2-6)15-9-8(12)5-14-10(13)16-9/h1-5H,(H,14,15,16). The first-order valence-corrected chi connectivity index (χ1v) is 5.90. The Kier molecular flexibility index (Phi) is 3.63. The summed E-state index contributed by atoms with van der Waals surface area (Å²) >= 11 is 15.0. The van der Waals surface area contributed by atoms with Gasteiger partial charge in [-0.15, -0.1) is 0 Å². The number of benzene rings is 1. The molecule has 16 heavy (non-hydrogen) atoms. The van der Waals surface area contributed by atoms with Gasteiger partial charge in [0, 0.05) is 10.2 Å². The number of aromatic nitrogens is 2. The van der Waals surface area contributed by atoms with Gasteiger partial charge < -0.3 is 5.32 Å². The van der Waals surface area contributed by atoms with Crippen LogP contribution in [0.1, 0.15) is 0 Å². The van der Waals surface area contributed by atoms with Gasteiger partial charge in [-0.2, -0.15) is 4.98 Å². The molecule has 3 nitrogen and oxygen atoms in total. The monoisotopic (exact) mass is 317 g/mol. The average Bonchev–Trinajstić information content (AvgIpc) is 2.27. The third kappa shape index (κ3) is 2.84. The van der Waals surface area contributed by atoms with E-state index in [1.807, 2.05) is 24.3 Å². The van der Waals surface area contributed by atoms with Gasteiger partial charge in [-0.1, -0.05) is 27.5 Å². The van der Waals surface area contributed by atoms with Gasteiger partial charge in [0.15, 0.2) is 5.82 Å². The molecule has 1 aromatic heterocycles. The van der Waals surface area contributed by atoms with Crippen LogP contribution in [0.5, 0.6) is 0 Å². The van der Waals surface area contributed by atoms with Gasteiger partial charge in [-0.25, -0.2) is 4.98 Å². The normalized spacial score (nSPS) is 10.2. The van der Waals surface area contributed by atoms with Crippen LogP contribution < -0.4 is 5.32 Å². The summed E-state index contributed by atoms with van der Waals surface area (Å²) < 4.78 is 1.00. The highest BCUT2D eigenvalue weighted by Gasteiger charge is 2.04. The van der Waals surface area contributed by atoms with E-state index in [1.165, 1.54) is 6.20 Å². The van der Waals surface area contributed by atoms with Crippen LogP contribution >= 0.6 is 39.1 Å². The van der Waals surface area contributed by atoms with Crippen molar-refractivity contribution in [3.05, 3.63) is 45.2 Å². The predicted molar refractivity (Wildman–Crippen MR) is 69.5 cm³/mol. The van der Waals surface area contributed by atoms with Crippen LogP contribution in [0.2, 0.25) is 10.3 Å². The molecule has 1 aromatic carbocycles. The quantitative estimate of drug-likeness (QED) is 0.839. The molecule has 2 rings (SSSR count). The summed E-state index contributed by atoms with van der Waals surface area (Å²) in [7, 11) is 0. The summed E-state index contributed by atoms with van der Waals surface area (Å²) in [5, 5.41) is 3.63. The summed E-state index contributed by atoms with van der Waals surface area (Å²) in [5.74, 6) is 0.490. The Morgan fingerprint density at radius 1 is 1.12 bits per heavy atom. The minimum absolute atomic E-state index is 0.156. The number of hydrogen-bond acceptors (Lipinski definition) is 3. The highest BCUT2D eigenvalue weighted by atomic mass is 79.9. The van der Waals surface area contributed by atoms with Crippen molar-refractivity contribution in [1.29, 1.82) is 0 Å². The summed E-state index contributed by atoms with van der Waals surface area (Å²) in [5.41, 5.74) is 0.875. The van der Waals surface area contributed by atoms with Gasteiger partial charge in [-0.05, 0) is 35.9 Å². The molecule has 0 amide bonds. The van der Waals surface area contributed by atoms with Crippen LogP contribution in [0, 0.1) is 0 Å². The first-order valence-electron chi connectivity index (χ1n) is 4.36. The number of nitrogens with one attached hydrogen (secondary N) is 1. The van der Waals surface area contributed by atoms with Crippen molar-refractivity contribution in [2.24, 2.45) is 0 Å². The Balaban J connectivity index is 2.26. The molecule has 0 aliphatic heterocycles. The minimum atomic E-state index is 0.156. The van der Waals surface area contributed by atoms with Gasteiger partial charge in [0.25, 0.3) is 0 Å². The molecule has 1 heterocycles. The smallest absolute Gasteiger partial charge is 0.224 e. The molecular weight excluding hydrogens is 313 g/mol. The van der Waals surface area contributed by atoms with E-state index < -0.39 is 0 Å². The van der Waals surface area contributed by atoms with Crippen molar-refractivity contribution in [2.75, 3.05) is 5.32 Å². The molecule has 6 heteroatoms. The molecule has 0 saturated carbocycles. The molecule has 0 saturated heterocycles. The number of anilines is 2. The lowest BCUT2D eigenvalue weighted by Crippen LogP contribution is -1.95. The van der Waals surface area contributed by atoms with Crippen LogP contribution in [0.15, 0.2) is 34.9 Å². The Bertz CT molecular complexity index is 502. The van der Waals surface area contributed by atoms with Crippen LogP contribution in [0.3, 0.4) is 0 Å². The second-order valence-corrected chi connectivity index (χ2v) is 4.63. The zero-order valence-corrected chi connectivity index (χ0v) is 11.0. The molecule has 0 atom stereocenters. The molecule has 0 spiro atoms. The predicted octanol–water partition coefficient (Wildman–Crippen LogP) is 4.29. The second kappa shape index (κ2) is 4.99. The maximum Gasteiger partial charge on any atom is 0.224 e. The molecule has 82 valence electrons. The van der Waals surface area contributed by atoms with Crippen molar-refractivity contribution in [3.8, 4) is 0 Å². The van der Waals surface area contributed by atoms with E-state index in [1.54, 1.807) is 0 Å². The zero-order chi connectivity index (χ0) is 11.5. The summed E-state index contributed by atoms with van der Waals surface area (Å²) in [6, 6.07) is 7.63. The van der Waals surface area contributed by atoms with Gasteiger partial charge in [-0.3, -0.25) is 0 Å². The lowest BCUT2D eigenvalue weighted by atomic mass is 10.3. The minimum Gasteiger partial charge on any atom is -0.339 e. The molecule has 0 unspecified atom stereocenters. The Hall–Kier alpha value is -0.840. The van der Waals surface area contributed by atoms with Crippen LogP contribution in [0.4, 0.5) is 11.5 Å². The third-order valence-electron chi connectivity index (χ3n) is 1.82. The molecule has 1 N–H and O–H groups in total. The van der Waals surface area contributed by atoms with Gasteiger partial charge in [0.1, 0.15) is 5.02 Å². The molecular formula is C10H6BrCl2N3. The fourth-order valence-corrected chi connectivity index (χ4v) is 1.64. The lowest BCUT2D eigenvalue weighted by Gasteiger charge is -2.06.